The van der Waals surface area contributed by atoms with Crippen molar-refractivity contribution in [2.45, 2.75) is 31.3 Å². The molecule has 2 atom stereocenters. The van der Waals surface area contributed by atoms with Crippen LogP contribution < -0.4 is 11.1 Å². The van der Waals surface area contributed by atoms with Gasteiger partial charge in [0.1, 0.15) is 0 Å². The lowest BCUT2D eigenvalue weighted by Crippen LogP contribution is -2.35. The summed E-state index contributed by atoms with van der Waals surface area (Å²) in [5.74, 6) is 0. The van der Waals surface area contributed by atoms with Crippen molar-refractivity contribution in [3.63, 3.8) is 0 Å². The minimum atomic E-state index is 0.318. The first-order valence-corrected chi connectivity index (χ1v) is 5.83. The van der Waals surface area contributed by atoms with E-state index in [1.54, 1.807) is 0 Å². The number of anilines is 1. The van der Waals surface area contributed by atoms with E-state index in [9.17, 15) is 0 Å². The summed E-state index contributed by atoms with van der Waals surface area (Å²) in [5.41, 5.74) is 7.15. The highest BCUT2D eigenvalue weighted by Gasteiger charge is 2.23. The molecule has 0 radical (unpaired) electrons. The second kappa shape index (κ2) is 4.32. The number of halogens is 1. The van der Waals surface area contributed by atoms with Crippen LogP contribution >= 0.6 is 15.9 Å². The van der Waals surface area contributed by atoms with Gasteiger partial charge in [0.05, 0.1) is 0 Å². The predicted octanol–water partition coefficient (Wildman–Crippen LogP) is 2.74. The fraction of sp³-hybridized carbons (Fsp3) is 0.455. The maximum atomic E-state index is 5.98. The Bertz CT molecular complexity index is 297. The van der Waals surface area contributed by atoms with Gasteiger partial charge in [0.15, 0.2) is 0 Å². The fourth-order valence-corrected chi connectivity index (χ4v) is 2.19. The van der Waals surface area contributed by atoms with Gasteiger partial charge in [0.2, 0.25) is 0 Å². The standard InChI is InChI=1S/C11H15BrN2/c12-8-4-6-9(7-5-8)14-11-3-1-2-10(11)13/h4-7,10-11,14H,1-3,13H2/t10-,11-/m1/s1. The van der Waals surface area contributed by atoms with E-state index in [1.165, 1.54) is 12.8 Å². The van der Waals surface area contributed by atoms with Crippen LogP contribution in [0, 0.1) is 0 Å². The Morgan fingerprint density at radius 2 is 1.93 bits per heavy atom. The number of hydrogen-bond acceptors (Lipinski definition) is 2. The molecule has 1 fully saturated rings. The third-order valence-electron chi connectivity index (χ3n) is 2.77. The molecular formula is C11H15BrN2. The first-order chi connectivity index (χ1) is 6.75. The molecule has 2 rings (SSSR count). The summed E-state index contributed by atoms with van der Waals surface area (Å²) in [6, 6.07) is 9.02. The van der Waals surface area contributed by atoms with Gasteiger partial charge in [0.25, 0.3) is 0 Å². The summed E-state index contributed by atoms with van der Waals surface area (Å²) in [6.45, 7) is 0. The normalized spacial score (nSPS) is 26.4. The molecule has 14 heavy (non-hydrogen) atoms. The molecule has 0 unspecified atom stereocenters. The molecule has 3 heteroatoms. The van der Waals surface area contributed by atoms with E-state index in [2.05, 4.69) is 33.4 Å². The van der Waals surface area contributed by atoms with E-state index < -0.39 is 0 Å². The third kappa shape index (κ3) is 2.28. The van der Waals surface area contributed by atoms with Gasteiger partial charge in [-0.05, 0) is 43.5 Å². The summed E-state index contributed by atoms with van der Waals surface area (Å²) in [7, 11) is 0. The van der Waals surface area contributed by atoms with Gasteiger partial charge >= 0.3 is 0 Å². The van der Waals surface area contributed by atoms with Crippen molar-refractivity contribution in [3.05, 3.63) is 28.7 Å². The van der Waals surface area contributed by atoms with Crippen LogP contribution in [0.4, 0.5) is 5.69 Å². The van der Waals surface area contributed by atoms with Crippen LogP contribution in [-0.4, -0.2) is 12.1 Å². The van der Waals surface area contributed by atoms with Crippen molar-refractivity contribution in [2.75, 3.05) is 5.32 Å². The van der Waals surface area contributed by atoms with Crippen LogP contribution in [0.15, 0.2) is 28.7 Å². The van der Waals surface area contributed by atoms with E-state index in [0.29, 0.717) is 12.1 Å². The first-order valence-electron chi connectivity index (χ1n) is 5.03. The molecule has 3 N–H and O–H groups in total. The van der Waals surface area contributed by atoms with E-state index in [0.717, 1.165) is 16.6 Å². The molecule has 1 aromatic rings. The van der Waals surface area contributed by atoms with Gasteiger partial charge < -0.3 is 11.1 Å². The summed E-state index contributed by atoms with van der Waals surface area (Å²) >= 11 is 3.42. The van der Waals surface area contributed by atoms with Crippen molar-refractivity contribution in [1.29, 1.82) is 0 Å². The monoisotopic (exact) mass is 254 g/mol. The Kier molecular flexibility index (Phi) is 3.08. The second-order valence-electron chi connectivity index (χ2n) is 3.85. The predicted molar refractivity (Wildman–Crippen MR) is 63.4 cm³/mol. The molecular weight excluding hydrogens is 240 g/mol. The topological polar surface area (TPSA) is 38.0 Å². The van der Waals surface area contributed by atoms with E-state index in [4.69, 9.17) is 5.73 Å². The Hall–Kier alpha value is -0.540. The number of benzene rings is 1. The van der Waals surface area contributed by atoms with Gasteiger partial charge in [-0.2, -0.15) is 0 Å². The van der Waals surface area contributed by atoms with Crippen LogP contribution in [0.5, 0.6) is 0 Å². The Balaban J connectivity index is 2.00. The van der Waals surface area contributed by atoms with Crippen molar-refractivity contribution in [1.82, 2.24) is 0 Å². The summed E-state index contributed by atoms with van der Waals surface area (Å²) in [6.07, 6.45) is 3.58. The smallest absolute Gasteiger partial charge is 0.0412 e. The largest absolute Gasteiger partial charge is 0.381 e. The molecule has 1 saturated carbocycles. The molecule has 1 aliphatic carbocycles. The van der Waals surface area contributed by atoms with Crippen LogP contribution in [0.25, 0.3) is 0 Å². The molecule has 2 nitrogen and oxygen atoms in total. The van der Waals surface area contributed by atoms with Crippen LogP contribution in [0.1, 0.15) is 19.3 Å². The fourth-order valence-electron chi connectivity index (χ4n) is 1.93. The van der Waals surface area contributed by atoms with Gasteiger partial charge in [-0.15, -0.1) is 0 Å². The molecule has 1 aliphatic rings. The summed E-state index contributed by atoms with van der Waals surface area (Å²) in [5, 5.41) is 3.47. The maximum Gasteiger partial charge on any atom is 0.0412 e. The lowest BCUT2D eigenvalue weighted by atomic mass is 10.2. The van der Waals surface area contributed by atoms with Crippen molar-refractivity contribution >= 4 is 21.6 Å². The third-order valence-corrected chi connectivity index (χ3v) is 3.29. The van der Waals surface area contributed by atoms with E-state index >= 15 is 0 Å². The zero-order chi connectivity index (χ0) is 9.97. The Morgan fingerprint density at radius 3 is 2.50 bits per heavy atom. The maximum absolute atomic E-state index is 5.98. The zero-order valence-electron chi connectivity index (χ0n) is 8.04. The van der Waals surface area contributed by atoms with Crippen molar-refractivity contribution in [2.24, 2.45) is 5.73 Å². The van der Waals surface area contributed by atoms with Crippen LogP contribution in [0.3, 0.4) is 0 Å². The van der Waals surface area contributed by atoms with Gasteiger partial charge in [0, 0.05) is 22.2 Å². The Labute approximate surface area is 93.0 Å². The summed E-state index contributed by atoms with van der Waals surface area (Å²) in [4.78, 5) is 0. The number of nitrogens with one attached hydrogen (secondary N) is 1. The highest BCUT2D eigenvalue weighted by Crippen LogP contribution is 2.22. The molecule has 1 aromatic carbocycles. The van der Waals surface area contributed by atoms with Crippen molar-refractivity contribution < 1.29 is 0 Å². The molecule has 0 saturated heterocycles. The van der Waals surface area contributed by atoms with Gasteiger partial charge in [-0.3, -0.25) is 0 Å². The number of rotatable bonds is 2. The second-order valence-corrected chi connectivity index (χ2v) is 4.77. The quantitative estimate of drug-likeness (QED) is 0.852. The average Bonchev–Trinajstić information content (AvgIpc) is 2.56. The molecule has 0 heterocycles. The van der Waals surface area contributed by atoms with E-state index in [1.807, 2.05) is 12.1 Å². The lowest BCUT2D eigenvalue weighted by molar-refractivity contribution is 0.638. The van der Waals surface area contributed by atoms with E-state index in [-0.39, 0.29) is 0 Å². The van der Waals surface area contributed by atoms with Gasteiger partial charge in [-0.1, -0.05) is 15.9 Å². The summed E-state index contributed by atoms with van der Waals surface area (Å²) < 4.78 is 1.11. The molecule has 0 spiro atoms. The molecule has 0 aromatic heterocycles. The SMILES string of the molecule is N[C@@H]1CCC[C@H]1Nc1ccc(Br)cc1. The zero-order valence-corrected chi connectivity index (χ0v) is 9.63. The molecule has 0 amide bonds. The minimum absolute atomic E-state index is 0.318. The van der Waals surface area contributed by atoms with Gasteiger partial charge in [-0.25, -0.2) is 0 Å². The highest BCUT2D eigenvalue weighted by molar-refractivity contribution is 9.10. The Morgan fingerprint density at radius 1 is 1.21 bits per heavy atom. The van der Waals surface area contributed by atoms with Crippen molar-refractivity contribution in [3.8, 4) is 0 Å². The average molecular weight is 255 g/mol. The minimum Gasteiger partial charge on any atom is -0.381 e. The first kappa shape index (κ1) is 9.99. The highest BCUT2D eigenvalue weighted by atomic mass is 79.9. The number of hydrogen-bond donors (Lipinski definition) is 2. The van der Waals surface area contributed by atoms with Crippen LogP contribution in [0.2, 0.25) is 0 Å². The molecule has 0 aliphatic heterocycles. The molecule has 76 valence electrons. The van der Waals surface area contributed by atoms with Crippen LogP contribution in [-0.2, 0) is 0 Å². The lowest BCUT2D eigenvalue weighted by Gasteiger charge is -2.18. The molecule has 0 bridgehead atoms. The number of nitrogens with two attached hydrogens (primary N) is 1.